The number of benzene rings is 1. The summed E-state index contributed by atoms with van der Waals surface area (Å²) in [7, 11) is 2.03. The Bertz CT molecular complexity index is 443. The molecular weight excluding hydrogens is 196 g/mol. The van der Waals surface area contributed by atoms with Gasteiger partial charge in [0.05, 0.1) is 6.20 Å². The van der Waals surface area contributed by atoms with Crippen LogP contribution in [0, 0.1) is 0 Å². The highest BCUT2D eigenvalue weighted by Crippen LogP contribution is 2.15. The number of rotatable bonds is 4. The highest BCUT2D eigenvalue weighted by Gasteiger charge is 2.07. The Morgan fingerprint density at radius 3 is 2.62 bits per heavy atom. The van der Waals surface area contributed by atoms with Gasteiger partial charge >= 0.3 is 0 Å². The van der Waals surface area contributed by atoms with E-state index in [1.54, 1.807) is 0 Å². The van der Waals surface area contributed by atoms with Gasteiger partial charge in [0.15, 0.2) is 0 Å². The molecule has 16 heavy (non-hydrogen) atoms. The Hall–Kier alpha value is -1.57. The van der Waals surface area contributed by atoms with E-state index in [2.05, 4.69) is 42.4 Å². The lowest BCUT2D eigenvalue weighted by atomic mass is 10.0. The first kappa shape index (κ1) is 10.9. The van der Waals surface area contributed by atoms with Crippen LogP contribution in [-0.2, 0) is 19.9 Å². The summed E-state index contributed by atoms with van der Waals surface area (Å²) in [4.78, 5) is 0. The molecule has 1 aromatic heterocycles. The average Bonchev–Trinajstić information content (AvgIpc) is 2.64. The van der Waals surface area contributed by atoms with Crippen molar-refractivity contribution in [3.05, 3.63) is 53.3 Å². The van der Waals surface area contributed by atoms with Crippen molar-refractivity contribution in [3.63, 3.8) is 0 Å². The molecule has 0 saturated heterocycles. The highest BCUT2D eigenvalue weighted by molar-refractivity contribution is 5.27. The van der Waals surface area contributed by atoms with Gasteiger partial charge < -0.3 is 0 Å². The summed E-state index contributed by atoms with van der Waals surface area (Å²) in [5, 5.41) is 4.35. The van der Waals surface area contributed by atoms with E-state index in [9.17, 15) is 0 Å². The Morgan fingerprint density at radius 2 is 1.94 bits per heavy atom. The zero-order valence-electron chi connectivity index (χ0n) is 9.98. The van der Waals surface area contributed by atoms with E-state index < -0.39 is 0 Å². The average molecular weight is 214 g/mol. The number of hydrogen-bond acceptors (Lipinski definition) is 1. The zero-order valence-corrected chi connectivity index (χ0v) is 9.98. The van der Waals surface area contributed by atoms with Gasteiger partial charge in [0.1, 0.15) is 0 Å². The van der Waals surface area contributed by atoms with Crippen molar-refractivity contribution in [1.29, 1.82) is 0 Å². The minimum Gasteiger partial charge on any atom is -0.272 e. The van der Waals surface area contributed by atoms with Gasteiger partial charge in [-0.15, -0.1) is 0 Å². The van der Waals surface area contributed by atoms with E-state index in [1.165, 1.54) is 23.2 Å². The summed E-state index contributed by atoms with van der Waals surface area (Å²) >= 11 is 0. The van der Waals surface area contributed by atoms with Crippen molar-refractivity contribution in [2.75, 3.05) is 0 Å². The van der Waals surface area contributed by atoms with Crippen LogP contribution >= 0.6 is 0 Å². The molecule has 0 amide bonds. The first-order chi connectivity index (χ1) is 7.81. The second-order valence-corrected chi connectivity index (χ2v) is 4.15. The molecule has 1 aromatic carbocycles. The molecule has 2 aromatic rings. The molecule has 2 rings (SSSR count). The lowest BCUT2D eigenvalue weighted by molar-refractivity contribution is 0.694. The third-order valence-electron chi connectivity index (χ3n) is 2.87. The molecule has 2 nitrogen and oxygen atoms in total. The van der Waals surface area contributed by atoms with Gasteiger partial charge in [-0.3, -0.25) is 4.68 Å². The number of nitrogens with zero attached hydrogens (tertiary/aromatic N) is 2. The van der Waals surface area contributed by atoms with Crippen LogP contribution in [0.4, 0.5) is 0 Å². The van der Waals surface area contributed by atoms with Crippen LogP contribution in [0.1, 0.15) is 30.2 Å². The van der Waals surface area contributed by atoms with E-state index in [0.29, 0.717) is 0 Å². The molecule has 0 N–H and O–H groups in total. The highest BCUT2D eigenvalue weighted by atomic mass is 15.3. The fourth-order valence-corrected chi connectivity index (χ4v) is 2.03. The summed E-state index contributed by atoms with van der Waals surface area (Å²) in [5.41, 5.74) is 4.08. The van der Waals surface area contributed by atoms with Gasteiger partial charge in [0.25, 0.3) is 0 Å². The molecule has 84 valence electrons. The van der Waals surface area contributed by atoms with Crippen LogP contribution in [0.5, 0.6) is 0 Å². The van der Waals surface area contributed by atoms with Gasteiger partial charge in [0, 0.05) is 19.2 Å². The summed E-state index contributed by atoms with van der Waals surface area (Å²) in [6, 6.07) is 10.6. The van der Waals surface area contributed by atoms with Crippen molar-refractivity contribution in [3.8, 4) is 0 Å². The number of hydrogen-bond donors (Lipinski definition) is 0. The maximum atomic E-state index is 4.35. The quantitative estimate of drug-likeness (QED) is 0.765. The molecule has 0 radical (unpaired) electrons. The summed E-state index contributed by atoms with van der Waals surface area (Å²) in [5.74, 6) is 0. The van der Waals surface area contributed by atoms with Gasteiger partial charge in [-0.05, 0) is 17.5 Å². The standard InChI is InChI=1S/C14H18N2/c1-3-7-14-13(11-15-16(14)2)10-12-8-5-4-6-9-12/h4-6,8-9,11H,3,7,10H2,1-2H3. The minimum absolute atomic E-state index is 0.990. The topological polar surface area (TPSA) is 17.8 Å². The second-order valence-electron chi connectivity index (χ2n) is 4.15. The zero-order chi connectivity index (χ0) is 11.4. The van der Waals surface area contributed by atoms with Crippen LogP contribution in [0.3, 0.4) is 0 Å². The fourth-order valence-electron chi connectivity index (χ4n) is 2.03. The molecule has 0 bridgehead atoms. The minimum atomic E-state index is 0.990. The SMILES string of the molecule is CCCc1c(Cc2ccccc2)cnn1C. The van der Waals surface area contributed by atoms with Crippen LogP contribution < -0.4 is 0 Å². The van der Waals surface area contributed by atoms with Crippen molar-refractivity contribution >= 4 is 0 Å². The molecule has 0 aliphatic heterocycles. The molecule has 1 heterocycles. The maximum Gasteiger partial charge on any atom is 0.0527 e. The van der Waals surface area contributed by atoms with Gasteiger partial charge in [0.2, 0.25) is 0 Å². The Labute approximate surface area is 96.9 Å². The number of aryl methyl sites for hydroxylation is 1. The van der Waals surface area contributed by atoms with E-state index in [-0.39, 0.29) is 0 Å². The van der Waals surface area contributed by atoms with E-state index in [1.807, 2.05) is 17.9 Å². The molecule has 2 heteroatoms. The normalized spacial score (nSPS) is 10.6. The Kier molecular flexibility index (Phi) is 3.40. The predicted octanol–water partition coefficient (Wildman–Crippen LogP) is 2.96. The maximum absolute atomic E-state index is 4.35. The van der Waals surface area contributed by atoms with Crippen molar-refractivity contribution in [1.82, 2.24) is 9.78 Å². The molecule has 0 spiro atoms. The molecular formula is C14H18N2. The molecule has 0 atom stereocenters. The van der Waals surface area contributed by atoms with Crippen LogP contribution in [0.2, 0.25) is 0 Å². The van der Waals surface area contributed by atoms with Gasteiger partial charge in [-0.2, -0.15) is 5.10 Å². The van der Waals surface area contributed by atoms with Crippen LogP contribution in [0.15, 0.2) is 36.5 Å². The molecule has 0 aliphatic rings. The first-order valence-corrected chi connectivity index (χ1v) is 5.85. The molecule has 0 saturated carbocycles. The molecule has 0 aliphatic carbocycles. The van der Waals surface area contributed by atoms with E-state index >= 15 is 0 Å². The number of aromatic nitrogens is 2. The van der Waals surface area contributed by atoms with Crippen molar-refractivity contribution in [2.24, 2.45) is 7.05 Å². The Balaban J connectivity index is 2.21. The first-order valence-electron chi connectivity index (χ1n) is 5.85. The third kappa shape index (κ3) is 2.32. The van der Waals surface area contributed by atoms with Gasteiger partial charge in [-0.25, -0.2) is 0 Å². The van der Waals surface area contributed by atoms with E-state index in [4.69, 9.17) is 0 Å². The summed E-state index contributed by atoms with van der Waals surface area (Å²) < 4.78 is 2.00. The van der Waals surface area contributed by atoms with Crippen molar-refractivity contribution < 1.29 is 0 Å². The lowest BCUT2D eigenvalue weighted by Gasteiger charge is -2.04. The largest absolute Gasteiger partial charge is 0.272 e. The van der Waals surface area contributed by atoms with Crippen LogP contribution in [-0.4, -0.2) is 9.78 Å². The van der Waals surface area contributed by atoms with Crippen LogP contribution in [0.25, 0.3) is 0 Å². The second kappa shape index (κ2) is 4.97. The predicted molar refractivity (Wildman–Crippen MR) is 66.5 cm³/mol. The fraction of sp³-hybridized carbons (Fsp3) is 0.357. The third-order valence-corrected chi connectivity index (χ3v) is 2.87. The summed E-state index contributed by atoms with van der Waals surface area (Å²) in [6.07, 6.45) is 5.27. The van der Waals surface area contributed by atoms with Gasteiger partial charge in [-0.1, -0.05) is 43.7 Å². The molecule has 0 fully saturated rings. The lowest BCUT2D eigenvalue weighted by Crippen LogP contribution is -2.00. The van der Waals surface area contributed by atoms with E-state index in [0.717, 1.165) is 12.8 Å². The summed E-state index contributed by atoms with van der Waals surface area (Å²) in [6.45, 7) is 2.21. The Morgan fingerprint density at radius 1 is 1.19 bits per heavy atom. The monoisotopic (exact) mass is 214 g/mol. The van der Waals surface area contributed by atoms with Crippen molar-refractivity contribution in [2.45, 2.75) is 26.2 Å². The smallest absolute Gasteiger partial charge is 0.0527 e. The molecule has 0 unspecified atom stereocenters.